The SMILES string of the molecule is CCC1NC(=NC)CCN(C)C1=O. The average Bonchev–Trinajstić information content (AvgIpc) is 2.29. The molecule has 0 aromatic rings. The van der Waals surface area contributed by atoms with Crippen LogP contribution in [-0.4, -0.2) is 43.3 Å². The fraction of sp³-hybridized carbons (Fsp3) is 0.778. The van der Waals surface area contributed by atoms with Crippen LogP contribution >= 0.6 is 0 Å². The number of likely N-dealkylation sites (N-methyl/N-ethyl adjacent to an activating group) is 1. The van der Waals surface area contributed by atoms with E-state index in [4.69, 9.17) is 0 Å². The van der Waals surface area contributed by atoms with E-state index in [1.165, 1.54) is 0 Å². The average molecular weight is 183 g/mol. The van der Waals surface area contributed by atoms with E-state index in [-0.39, 0.29) is 11.9 Å². The Hall–Kier alpha value is -1.06. The maximum Gasteiger partial charge on any atom is 0.244 e. The van der Waals surface area contributed by atoms with Gasteiger partial charge in [0.25, 0.3) is 0 Å². The summed E-state index contributed by atoms with van der Waals surface area (Å²) in [5, 5.41) is 3.15. The lowest BCUT2D eigenvalue weighted by Gasteiger charge is -2.18. The van der Waals surface area contributed by atoms with Gasteiger partial charge in [0.05, 0.1) is 5.84 Å². The van der Waals surface area contributed by atoms with Crippen molar-refractivity contribution in [1.29, 1.82) is 0 Å². The van der Waals surface area contributed by atoms with Crippen molar-refractivity contribution < 1.29 is 4.79 Å². The molecule has 1 atom stereocenters. The second-order valence-electron chi connectivity index (χ2n) is 3.29. The van der Waals surface area contributed by atoms with Gasteiger partial charge in [-0.1, -0.05) is 6.92 Å². The summed E-state index contributed by atoms with van der Waals surface area (Å²) in [5.41, 5.74) is 0. The highest BCUT2D eigenvalue weighted by Crippen LogP contribution is 2.04. The van der Waals surface area contributed by atoms with Crippen LogP contribution in [0.2, 0.25) is 0 Å². The first-order valence-electron chi connectivity index (χ1n) is 4.66. The summed E-state index contributed by atoms with van der Waals surface area (Å²) >= 11 is 0. The monoisotopic (exact) mass is 183 g/mol. The predicted octanol–water partition coefficient (Wildman–Crippen LogP) is 0.245. The van der Waals surface area contributed by atoms with Crippen LogP contribution < -0.4 is 5.32 Å². The maximum atomic E-state index is 11.6. The van der Waals surface area contributed by atoms with Gasteiger partial charge in [-0.25, -0.2) is 0 Å². The third-order valence-corrected chi connectivity index (χ3v) is 2.38. The lowest BCUT2D eigenvalue weighted by molar-refractivity contribution is -0.131. The van der Waals surface area contributed by atoms with E-state index in [1.807, 2.05) is 14.0 Å². The van der Waals surface area contributed by atoms with Gasteiger partial charge < -0.3 is 10.2 Å². The molecule has 1 N–H and O–H groups in total. The number of aliphatic imine (C=N–C) groups is 1. The van der Waals surface area contributed by atoms with E-state index in [0.717, 1.165) is 25.2 Å². The van der Waals surface area contributed by atoms with Crippen molar-refractivity contribution >= 4 is 11.7 Å². The van der Waals surface area contributed by atoms with Gasteiger partial charge >= 0.3 is 0 Å². The Bertz CT molecular complexity index is 225. The molecule has 4 heteroatoms. The largest absolute Gasteiger partial charge is 0.362 e. The van der Waals surface area contributed by atoms with E-state index in [1.54, 1.807) is 11.9 Å². The van der Waals surface area contributed by atoms with Crippen molar-refractivity contribution in [2.75, 3.05) is 20.6 Å². The fourth-order valence-electron chi connectivity index (χ4n) is 1.44. The van der Waals surface area contributed by atoms with Crippen LogP contribution in [0.15, 0.2) is 4.99 Å². The van der Waals surface area contributed by atoms with E-state index < -0.39 is 0 Å². The van der Waals surface area contributed by atoms with Crippen molar-refractivity contribution in [3.63, 3.8) is 0 Å². The zero-order valence-electron chi connectivity index (χ0n) is 8.50. The number of carbonyl (C=O) groups excluding carboxylic acids is 1. The molecule has 0 radical (unpaired) electrons. The molecule has 4 nitrogen and oxygen atoms in total. The molecular weight excluding hydrogens is 166 g/mol. The van der Waals surface area contributed by atoms with E-state index in [2.05, 4.69) is 10.3 Å². The number of amides is 1. The van der Waals surface area contributed by atoms with E-state index >= 15 is 0 Å². The van der Waals surface area contributed by atoms with Crippen molar-refractivity contribution in [3.05, 3.63) is 0 Å². The second kappa shape index (κ2) is 4.25. The Morgan fingerprint density at radius 3 is 2.92 bits per heavy atom. The molecule has 0 aromatic carbocycles. The number of rotatable bonds is 1. The molecule has 1 rings (SSSR count). The van der Waals surface area contributed by atoms with Crippen molar-refractivity contribution in [2.45, 2.75) is 25.8 Å². The summed E-state index contributed by atoms with van der Waals surface area (Å²) in [4.78, 5) is 17.5. The van der Waals surface area contributed by atoms with Gasteiger partial charge in [0, 0.05) is 27.1 Å². The summed E-state index contributed by atoms with van der Waals surface area (Å²) in [6.45, 7) is 2.76. The lowest BCUT2D eigenvalue weighted by atomic mass is 10.2. The normalized spacial score (nSPS) is 27.3. The summed E-state index contributed by atoms with van der Waals surface area (Å²) in [6, 6.07) is -0.0915. The Labute approximate surface area is 79.0 Å². The minimum Gasteiger partial charge on any atom is -0.362 e. The van der Waals surface area contributed by atoms with Crippen molar-refractivity contribution in [1.82, 2.24) is 10.2 Å². The molecule has 1 amide bonds. The molecule has 1 fully saturated rings. The summed E-state index contributed by atoms with van der Waals surface area (Å²) in [5.74, 6) is 1.10. The van der Waals surface area contributed by atoms with Crippen LogP contribution in [0.1, 0.15) is 19.8 Å². The second-order valence-corrected chi connectivity index (χ2v) is 3.29. The Morgan fingerprint density at radius 1 is 1.69 bits per heavy atom. The van der Waals surface area contributed by atoms with Crippen molar-refractivity contribution in [2.24, 2.45) is 4.99 Å². The standard InChI is InChI=1S/C9H17N3O/c1-4-7-9(13)12(3)6-5-8(10-2)11-7/h7H,4-6H2,1-3H3,(H,10,11). The quantitative estimate of drug-likeness (QED) is 0.633. The summed E-state index contributed by atoms with van der Waals surface area (Å²) in [6.07, 6.45) is 1.64. The molecule has 1 aliphatic rings. The number of hydrogen-bond acceptors (Lipinski definition) is 2. The van der Waals surface area contributed by atoms with Gasteiger partial charge in [-0.15, -0.1) is 0 Å². The first kappa shape index (κ1) is 10.0. The van der Waals surface area contributed by atoms with Crippen molar-refractivity contribution in [3.8, 4) is 0 Å². The van der Waals surface area contributed by atoms with Crippen LogP contribution in [-0.2, 0) is 4.79 Å². The van der Waals surface area contributed by atoms with E-state index in [0.29, 0.717) is 0 Å². The predicted molar refractivity (Wildman–Crippen MR) is 52.8 cm³/mol. The minimum atomic E-state index is -0.0915. The zero-order valence-corrected chi connectivity index (χ0v) is 8.50. The third kappa shape index (κ3) is 2.20. The van der Waals surface area contributed by atoms with Gasteiger partial charge in [0.2, 0.25) is 5.91 Å². The van der Waals surface area contributed by atoms with Gasteiger partial charge in [0.1, 0.15) is 6.04 Å². The number of hydrogen-bond donors (Lipinski definition) is 1. The molecule has 1 heterocycles. The van der Waals surface area contributed by atoms with Crippen LogP contribution in [0.4, 0.5) is 0 Å². The number of nitrogens with zero attached hydrogens (tertiary/aromatic N) is 2. The number of amidine groups is 1. The van der Waals surface area contributed by atoms with Gasteiger partial charge in [-0.05, 0) is 6.42 Å². The molecule has 0 spiro atoms. The molecule has 1 unspecified atom stereocenters. The molecule has 0 bridgehead atoms. The number of nitrogens with one attached hydrogen (secondary N) is 1. The Morgan fingerprint density at radius 2 is 2.38 bits per heavy atom. The maximum absolute atomic E-state index is 11.6. The molecule has 0 aliphatic carbocycles. The lowest BCUT2D eigenvalue weighted by Crippen LogP contribution is -2.42. The molecule has 0 saturated carbocycles. The topological polar surface area (TPSA) is 44.7 Å². The van der Waals surface area contributed by atoms with E-state index in [9.17, 15) is 4.79 Å². The third-order valence-electron chi connectivity index (χ3n) is 2.38. The molecule has 1 aliphatic heterocycles. The van der Waals surface area contributed by atoms with Crippen LogP contribution in [0.25, 0.3) is 0 Å². The van der Waals surface area contributed by atoms with Gasteiger partial charge in [-0.3, -0.25) is 9.79 Å². The van der Waals surface area contributed by atoms with Crippen LogP contribution in [0, 0.1) is 0 Å². The molecule has 74 valence electrons. The first-order valence-corrected chi connectivity index (χ1v) is 4.66. The minimum absolute atomic E-state index is 0.0915. The van der Waals surface area contributed by atoms with Gasteiger partial charge in [0.15, 0.2) is 0 Å². The molecule has 13 heavy (non-hydrogen) atoms. The Kier molecular flexibility index (Phi) is 3.28. The zero-order chi connectivity index (χ0) is 9.84. The molecule has 0 aromatic heterocycles. The van der Waals surface area contributed by atoms with Gasteiger partial charge in [-0.2, -0.15) is 0 Å². The Balaban J connectivity index is 2.76. The summed E-state index contributed by atoms with van der Waals surface area (Å²) in [7, 11) is 3.59. The van der Waals surface area contributed by atoms with Crippen LogP contribution in [0.3, 0.4) is 0 Å². The number of carbonyl (C=O) groups is 1. The highest BCUT2D eigenvalue weighted by molar-refractivity contribution is 5.92. The van der Waals surface area contributed by atoms with Crippen LogP contribution in [0.5, 0.6) is 0 Å². The first-order chi connectivity index (χ1) is 6.19. The highest BCUT2D eigenvalue weighted by Gasteiger charge is 2.24. The summed E-state index contributed by atoms with van der Waals surface area (Å²) < 4.78 is 0. The molecular formula is C9H17N3O. The highest BCUT2D eigenvalue weighted by atomic mass is 16.2. The fourth-order valence-corrected chi connectivity index (χ4v) is 1.44. The molecule has 1 saturated heterocycles. The smallest absolute Gasteiger partial charge is 0.244 e.